The van der Waals surface area contributed by atoms with Gasteiger partial charge in [0.1, 0.15) is 5.03 Å². The van der Waals surface area contributed by atoms with Crippen molar-refractivity contribution in [3.05, 3.63) is 77.0 Å². The van der Waals surface area contributed by atoms with Crippen molar-refractivity contribution in [3.63, 3.8) is 0 Å². The Morgan fingerprint density at radius 1 is 1.04 bits per heavy atom. The molecule has 0 aliphatic rings. The number of benzene rings is 2. The molecule has 2 aromatic carbocycles. The molecule has 0 bridgehead atoms. The summed E-state index contributed by atoms with van der Waals surface area (Å²) in [4.78, 5) is 11.6. The van der Waals surface area contributed by atoms with Gasteiger partial charge in [0.25, 0.3) is 0 Å². The van der Waals surface area contributed by atoms with Crippen molar-refractivity contribution in [2.45, 2.75) is 43.9 Å². The Morgan fingerprint density at radius 3 is 2.27 bits per heavy atom. The molecule has 134 valence electrons. The molecule has 4 heteroatoms. The third-order valence-electron chi connectivity index (χ3n) is 4.38. The van der Waals surface area contributed by atoms with Crippen molar-refractivity contribution >= 4 is 18.0 Å². The van der Waals surface area contributed by atoms with Crippen molar-refractivity contribution in [2.24, 2.45) is 0 Å². The Morgan fingerprint density at radius 2 is 1.69 bits per heavy atom. The SMILES string of the molecule is Cc1nn(-c2ccccc2)c(SCc2ccc(C(C)(C)C)cc2)c1C=O. The summed E-state index contributed by atoms with van der Waals surface area (Å²) in [6, 6.07) is 18.7. The fraction of sp³-hybridized carbons (Fsp3) is 0.273. The highest BCUT2D eigenvalue weighted by Gasteiger charge is 2.17. The predicted molar refractivity (Wildman–Crippen MR) is 108 cm³/mol. The topological polar surface area (TPSA) is 34.9 Å². The lowest BCUT2D eigenvalue weighted by Gasteiger charge is -2.19. The van der Waals surface area contributed by atoms with Crippen LogP contribution in [0.4, 0.5) is 0 Å². The Labute approximate surface area is 159 Å². The standard InChI is InChI=1S/C22H24N2OS/c1-16-20(14-25)21(24(23-16)19-8-6-5-7-9-19)26-15-17-10-12-18(13-11-17)22(2,3)4/h5-14H,15H2,1-4H3. The minimum Gasteiger partial charge on any atom is -0.298 e. The van der Waals surface area contributed by atoms with Gasteiger partial charge in [0, 0.05) is 5.75 Å². The molecule has 0 N–H and O–H groups in total. The normalized spacial score (nSPS) is 11.5. The van der Waals surface area contributed by atoms with E-state index in [-0.39, 0.29) is 5.41 Å². The largest absolute Gasteiger partial charge is 0.298 e. The van der Waals surface area contributed by atoms with Gasteiger partial charge in [-0.05, 0) is 35.6 Å². The Bertz CT molecular complexity index is 890. The quantitative estimate of drug-likeness (QED) is 0.438. The van der Waals surface area contributed by atoms with E-state index in [2.05, 4.69) is 50.1 Å². The third kappa shape index (κ3) is 3.91. The summed E-state index contributed by atoms with van der Waals surface area (Å²) in [6.07, 6.45) is 0.910. The summed E-state index contributed by atoms with van der Waals surface area (Å²) in [5, 5.41) is 5.47. The van der Waals surface area contributed by atoms with Crippen LogP contribution in [-0.4, -0.2) is 16.1 Å². The molecule has 3 aromatic rings. The summed E-state index contributed by atoms with van der Waals surface area (Å²) < 4.78 is 1.87. The third-order valence-corrected chi connectivity index (χ3v) is 5.52. The molecule has 0 radical (unpaired) electrons. The molecule has 0 unspecified atom stereocenters. The van der Waals surface area contributed by atoms with Crippen LogP contribution < -0.4 is 0 Å². The first-order valence-electron chi connectivity index (χ1n) is 8.72. The van der Waals surface area contributed by atoms with Crippen molar-refractivity contribution < 1.29 is 4.79 Å². The van der Waals surface area contributed by atoms with Gasteiger partial charge < -0.3 is 0 Å². The molecular weight excluding hydrogens is 340 g/mol. The minimum atomic E-state index is 0.152. The fourth-order valence-electron chi connectivity index (χ4n) is 2.79. The molecule has 3 nitrogen and oxygen atoms in total. The number of para-hydroxylation sites is 1. The molecule has 3 rings (SSSR count). The zero-order valence-electron chi connectivity index (χ0n) is 15.7. The van der Waals surface area contributed by atoms with Crippen molar-refractivity contribution in [1.82, 2.24) is 9.78 Å². The molecule has 0 fully saturated rings. The second-order valence-corrected chi connectivity index (χ2v) is 8.37. The van der Waals surface area contributed by atoms with Crippen molar-refractivity contribution in [2.75, 3.05) is 0 Å². The van der Waals surface area contributed by atoms with E-state index in [0.29, 0.717) is 5.56 Å². The van der Waals surface area contributed by atoms with Gasteiger partial charge in [-0.1, -0.05) is 63.2 Å². The first-order chi connectivity index (χ1) is 12.4. The van der Waals surface area contributed by atoms with Crippen LogP contribution in [0.5, 0.6) is 0 Å². The van der Waals surface area contributed by atoms with Crippen LogP contribution in [0.15, 0.2) is 59.6 Å². The van der Waals surface area contributed by atoms with E-state index in [4.69, 9.17) is 0 Å². The number of aldehydes is 1. The number of carbonyl (C=O) groups excluding carboxylic acids is 1. The van der Waals surface area contributed by atoms with Gasteiger partial charge in [-0.2, -0.15) is 5.10 Å². The molecule has 0 amide bonds. The van der Waals surface area contributed by atoms with Gasteiger partial charge >= 0.3 is 0 Å². The summed E-state index contributed by atoms with van der Waals surface area (Å²) in [7, 11) is 0. The smallest absolute Gasteiger partial charge is 0.154 e. The molecule has 0 spiro atoms. The van der Waals surface area contributed by atoms with Crippen LogP contribution in [0.3, 0.4) is 0 Å². The van der Waals surface area contributed by atoms with E-state index in [1.54, 1.807) is 11.8 Å². The number of aryl methyl sites for hydroxylation is 1. The molecule has 26 heavy (non-hydrogen) atoms. The van der Waals surface area contributed by atoms with Crippen LogP contribution in [-0.2, 0) is 11.2 Å². The highest BCUT2D eigenvalue weighted by molar-refractivity contribution is 7.98. The maximum absolute atomic E-state index is 11.6. The number of thioether (sulfide) groups is 1. The van der Waals surface area contributed by atoms with Crippen LogP contribution in [0, 0.1) is 6.92 Å². The number of hydrogen-bond donors (Lipinski definition) is 0. The second-order valence-electron chi connectivity index (χ2n) is 7.41. The molecular formula is C22H24N2OS. The van der Waals surface area contributed by atoms with Crippen molar-refractivity contribution in [3.8, 4) is 5.69 Å². The predicted octanol–water partition coefficient (Wildman–Crippen LogP) is 5.58. The number of nitrogens with zero attached hydrogens (tertiary/aromatic N) is 2. The van der Waals surface area contributed by atoms with E-state index >= 15 is 0 Å². The van der Waals surface area contributed by atoms with Crippen LogP contribution in [0.25, 0.3) is 5.69 Å². The number of carbonyl (C=O) groups is 1. The van der Waals surface area contributed by atoms with Crippen LogP contribution in [0.2, 0.25) is 0 Å². The van der Waals surface area contributed by atoms with E-state index in [9.17, 15) is 4.79 Å². The zero-order chi connectivity index (χ0) is 18.7. The average molecular weight is 365 g/mol. The summed E-state index contributed by atoms with van der Waals surface area (Å²) >= 11 is 1.65. The summed E-state index contributed by atoms with van der Waals surface area (Å²) in [5.74, 6) is 0.795. The van der Waals surface area contributed by atoms with E-state index in [0.717, 1.165) is 28.4 Å². The lowest BCUT2D eigenvalue weighted by molar-refractivity contribution is 0.112. The van der Waals surface area contributed by atoms with E-state index < -0.39 is 0 Å². The maximum atomic E-state index is 11.6. The lowest BCUT2D eigenvalue weighted by Crippen LogP contribution is -2.10. The molecule has 0 saturated heterocycles. The van der Waals surface area contributed by atoms with E-state index in [1.165, 1.54) is 11.1 Å². The minimum absolute atomic E-state index is 0.152. The number of rotatable bonds is 5. The van der Waals surface area contributed by atoms with Crippen LogP contribution >= 0.6 is 11.8 Å². The van der Waals surface area contributed by atoms with Gasteiger partial charge in [-0.15, -0.1) is 11.8 Å². The molecule has 0 saturated carbocycles. The Kier molecular flexibility index (Phi) is 5.33. The molecule has 0 atom stereocenters. The maximum Gasteiger partial charge on any atom is 0.154 e. The van der Waals surface area contributed by atoms with Gasteiger partial charge in [0.05, 0.1) is 16.9 Å². The number of hydrogen-bond acceptors (Lipinski definition) is 3. The highest BCUT2D eigenvalue weighted by Crippen LogP contribution is 2.30. The van der Waals surface area contributed by atoms with Crippen LogP contribution in [0.1, 0.15) is 48.0 Å². The Balaban J connectivity index is 1.87. The monoisotopic (exact) mass is 364 g/mol. The van der Waals surface area contributed by atoms with Crippen molar-refractivity contribution in [1.29, 1.82) is 0 Å². The molecule has 0 aliphatic heterocycles. The zero-order valence-corrected chi connectivity index (χ0v) is 16.5. The molecule has 0 aliphatic carbocycles. The van der Waals surface area contributed by atoms with Gasteiger partial charge in [0.2, 0.25) is 0 Å². The summed E-state index contributed by atoms with van der Waals surface area (Å²) in [6.45, 7) is 8.53. The van der Waals surface area contributed by atoms with E-state index in [1.807, 2.05) is 41.9 Å². The highest BCUT2D eigenvalue weighted by atomic mass is 32.2. The molecule has 1 aromatic heterocycles. The van der Waals surface area contributed by atoms with Gasteiger partial charge in [0.15, 0.2) is 6.29 Å². The van der Waals surface area contributed by atoms with Gasteiger partial charge in [-0.3, -0.25) is 4.79 Å². The summed E-state index contributed by atoms with van der Waals surface area (Å²) in [5.41, 5.74) is 5.11. The Hall–Kier alpha value is -2.33. The molecule has 1 heterocycles. The first-order valence-corrected chi connectivity index (χ1v) is 9.71. The first kappa shape index (κ1) is 18.5. The fourth-order valence-corrected chi connectivity index (χ4v) is 3.91. The lowest BCUT2D eigenvalue weighted by atomic mass is 9.87. The van der Waals surface area contributed by atoms with Gasteiger partial charge in [-0.25, -0.2) is 4.68 Å². The number of aromatic nitrogens is 2. The average Bonchev–Trinajstić information content (AvgIpc) is 2.95. The second kappa shape index (κ2) is 7.50.